The van der Waals surface area contributed by atoms with Gasteiger partial charge in [-0.15, -0.1) is 0 Å². The lowest BCUT2D eigenvalue weighted by Gasteiger charge is -2.10. The van der Waals surface area contributed by atoms with Crippen LogP contribution in [-0.4, -0.2) is 31.9 Å². The summed E-state index contributed by atoms with van der Waals surface area (Å²) in [4.78, 5) is 3.86. The standard InChI is InChI=1S/C12H14N2O3S/c13-7-12-10(3-1-5-14-12)8-18(15,16)9-11-4-2-6-17-11/h1,3,5,11H,2,4,6,8-9H2. The van der Waals surface area contributed by atoms with Gasteiger partial charge in [-0.2, -0.15) is 5.26 Å². The Labute approximate surface area is 106 Å². The van der Waals surface area contributed by atoms with Gasteiger partial charge in [-0.1, -0.05) is 6.07 Å². The molecule has 0 N–H and O–H groups in total. The van der Waals surface area contributed by atoms with Crippen molar-refractivity contribution in [1.82, 2.24) is 4.98 Å². The summed E-state index contributed by atoms with van der Waals surface area (Å²) < 4.78 is 29.3. The average Bonchev–Trinajstić information content (AvgIpc) is 2.81. The van der Waals surface area contributed by atoms with Crippen LogP contribution in [0.3, 0.4) is 0 Å². The van der Waals surface area contributed by atoms with Gasteiger partial charge >= 0.3 is 0 Å². The van der Waals surface area contributed by atoms with Crippen molar-refractivity contribution in [2.75, 3.05) is 12.4 Å². The lowest BCUT2D eigenvalue weighted by atomic mass is 10.2. The molecule has 2 rings (SSSR count). The molecule has 6 heteroatoms. The van der Waals surface area contributed by atoms with E-state index in [-0.39, 0.29) is 23.3 Å². The molecule has 96 valence electrons. The van der Waals surface area contributed by atoms with Gasteiger partial charge in [-0.05, 0) is 18.9 Å². The van der Waals surface area contributed by atoms with Crippen LogP contribution in [0.2, 0.25) is 0 Å². The highest BCUT2D eigenvalue weighted by Crippen LogP contribution is 2.17. The van der Waals surface area contributed by atoms with Gasteiger partial charge in [-0.25, -0.2) is 13.4 Å². The van der Waals surface area contributed by atoms with Gasteiger partial charge in [-0.3, -0.25) is 0 Å². The topological polar surface area (TPSA) is 80.0 Å². The third-order valence-electron chi connectivity index (χ3n) is 2.84. The van der Waals surface area contributed by atoms with Crippen LogP contribution in [0.15, 0.2) is 18.3 Å². The molecule has 0 bridgehead atoms. The fourth-order valence-electron chi connectivity index (χ4n) is 2.01. The Morgan fingerprint density at radius 1 is 1.56 bits per heavy atom. The van der Waals surface area contributed by atoms with Crippen molar-refractivity contribution in [2.24, 2.45) is 0 Å². The zero-order valence-corrected chi connectivity index (χ0v) is 10.7. The SMILES string of the molecule is N#Cc1ncccc1CS(=O)(=O)CC1CCCO1. The van der Waals surface area contributed by atoms with E-state index in [2.05, 4.69) is 4.98 Å². The highest BCUT2D eigenvalue weighted by Gasteiger charge is 2.24. The molecule has 1 fully saturated rings. The highest BCUT2D eigenvalue weighted by atomic mass is 32.2. The molecular weight excluding hydrogens is 252 g/mol. The van der Waals surface area contributed by atoms with Crippen molar-refractivity contribution in [3.63, 3.8) is 0 Å². The molecule has 1 atom stereocenters. The van der Waals surface area contributed by atoms with E-state index in [4.69, 9.17) is 10.00 Å². The number of rotatable bonds is 4. The number of ether oxygens (including phenoxy) is 1. The summed E-state index contributed by atoms with van der Waals surface area (Å²) in [5.74, 6) is -0.129. The fourth-order valence-corrected chi connectivity index (χ4v) is 3.66. The van der Waals surface area contributed by atoms with Gasteiger partial charge in [0.05, 0.1) is 17.6 Å². The van der Waals surface area contributed by atoms with Crippen LogP contribution in [0.5, 0.6) is 0 Å². The monoisotopic (exact) mass is 266 g/mol. The molecule has 1 unspecified atom stereocenters. The normalized spacial score (nSPS) is 19.6. The smallest absolute Gasteiger partial charge is 0.157 e. The van der Waals surface area contributed by atoms with E-state index in [1.165, 1.54) is 6.20 Å². The molecule has 1 aliphatic rings. The highest BCUT2D eigenvalue weighted by molar-refractivity contribution is 7.90. The first-order valence-electron chi connectivity index (χ1n) is 5.77. The summed E-state index contributed by atoms with van der Waals surface area (Å²) in [6.45, 7) is 0.635. The molecule has 18 heavy (non-hydrogen) atoms. The summed E-state index contributed by atoms with van der Waals surface area (Å²) in [5.41, 5.74) is 0.631. The Morgan fingerprint density at radius 3 is 3.06 bits per heavy atom. The second-order valence-electron chi connectivity index (χ2n) is 4.31. The lowest BCUT2D eigenvalue weighted by Crippen LogP contribution is -2.21. The van der Waals surface area contributed by atoms with E-state index in [0.29, 0.717) is 12.2 Å². The molecule has 0 aliphatic carbocycles. The molecule has 0 amide bonds. The van der Waals surface area contributed by atoms with Gasteiger partial charge < -0.3 is 4.74 Å². The van der Waals surface area contributed by atoms with Crippen molar-refractivity contribution in [3.8, 4) is 6.07 Å². The number of nitrogens with zero attached hydrogens (tertiary/aromatic N) is 2. The number of pyridine rings is 1. The van der Waals surface area contributed by atoms with Gasteiger partial charge in [0.25, 0.3) is 0 Å². The summed E-state index contributed by atoms with van der Waals surface area (Å²) in [6, 6.07) is 5.17. The zero-order valence-electron chi connectivity index (χ0n) is 9.87. The minimum absolute atomic E-state index is 0.0206. The maximum atomic E-state index is 12.0. The number of aromatic nitrogens is 1. The zero-order chi connectivity index (χ0) is 13.0. The largest absolute Gasteiger partial charge is 0.377 e. The van der Waals surface area contributed by atoms with E-state index < -0.39 is 9.84 Å². The van der Waals surface area contributed by atoms with Gasteiger partial charge in [0.1, 0.15) is 11.8 Å². The molecule has 5 nitrogen and oxygen atoms in total. The van der Waals surface area contributed by atoms with Gasteiger partial charge in [0, 0.05) is 18.4 Å². The molecule has 1 aromatic rings. The van der Waals surface area contributed by atoms with Gasteiger partial charge in [0.2, 0.25) is 0 Å². The summed E-state index contributed by atoms with van der Waals surface area (Å²) in [7, 11) is -3.27. The second kappa shape index (κ2) is 5.46. The van der Waals surface area contributed by atoms with E-state index in [9.17, 15) is 8.42 Å². The molecule has 1 aromatic heterocycles. The Bertz CT molecular complexity index is 557. The van der Waals surface area contributed by atoms with Crippen molar-refractivity contribution in [2.45, 2.75) is 24.7 Å². The molecule has 0 spiro atoms. The fraction of sp³-hybridized carbons (Fsp3) is 0.500. The Balaban J connectivity index is 2.10. The number of nitriles is 1. The number of hydrogen-bond donors (Lipinski definition) is 0. The van der Waals surface area contributed by atoms with Crippen LogP contribution >= 0.6 is 0 Å². The Morgan fingerprint density at radius 2 is 2.39 bits per heavy atom. The predicted molar refractivity (Wildman–Crippen MR) is 65.4 cm³/mol. The van der Waals surface area contributed by atoms with Crippen LogP contribution in [0.1, 0.15) is 24.1 Å². The van der Waals surface area contributed by atoms with E-state index in [1.54, 1.807) is 12.1 Å². The number of sulfone groups is 1. The summed E-state index contributed by atoms with van der Waals surface area (Å²) in [6.07, 6.45) is 2.99. The molecule has 2 heterocycles. The maximum Gasteiger partial charge on any atom is 0.157 e. The van der Waals surface area contributed by atoms with Crippen molar-refractivity contribution in [1.29, 1.82) is 5.26 Å². The van der Waals surface area contributed by atoms with Crippen LogP contribution in [0, 0.1) is 11.3 Å². The summed E-state index contributed by atoms with van der Waals surface area (Å²) >= 11 is 0. The quantitative estimate of drug-likeness (QED) is 0.813. The molecule has 0 aromatic carbocycles. The predicted octanol–water partition coefficient (Wildman–Crippen LogP) is 1.05. The summed E-state index contributed by atoms with van der Waals surface area (Å²) in [5, 5.41) is 8.87. The van der Waals surface area contributed by atoms with E-state index in [1.807, 2.05) is 6.07 Å². The molecule has 1 saturated heterocycles. The van der Waals surface area contributed by atoms with Crippen LogP contribution < -0.4 is 0 Å². The Kier molecular flexibility index (Phi) is 3.94. The first-order valence-corrected chi connectivity index (χ1v) is 7.59. The van der Waals surface area contributed by atoms with Crippen LogP contribution in [0.4, 0.5) is 0 Å². The van der Waals surface area contributed by atoms with E-state index in [0.717, 1.165) is 12.8 Å². The Hall–Kier alpha value is -1.45. The molecule has 1 aliphatic heterocycles. The van der Waals surface area contributed by atoms with E-state index >= 15 is 0 Å². The second-order valence-corrected chi connectivity index (χ2v) is 6.42. The molecule has 0 radical (unpaired) electrons. The lowest BCUT2D eigenvalue weighted by molar-refractivity contribution is 0.127. The molecule has 0 saturated carbocycles. The maximum absolute atomic E-state index is 12.0. The van der Waals surface area contributed by atoms with Crippen molar-refractivity contribution < 1.29 is 13.2 Å². The minimum atomic E-state index is -3.27. The van der Waals surface area contributed by atoms with Crippen LogP contribution in [0.25, 0.3) is 0 Å². The minimum Gasteiger partial charge on any atom is -0.377 e. The third-order valence-corrected chi connectivity index (χ3v) is 4.47. The first-order chi connectivity index (χ1) is 8.61. The molecular formula is C12H14N2O3S. The van der Waals surface area contributed by atoms with Crippen molar-refractivity contribution >= 4 is 9.84 Å². The first kappa shape index (κ1) is 13.0. The number of hydrogen-bond acceptors (Lipinski definition) is 5. The van der Waals surface area contributed by atoms with Crippen LogP contribution in [-0.2, 0) is 20.3 Å². The third kappa shape index (κ3) is 3.28. The van der Waals surface area contributed by atoms with Gasteiger partial charge in [0.15, 0.2) is 9.84 Å². The van der Waals surface area contributed by atoms with Crippen molar-refractivity contribution in [3.05, 3.63) is 29.6 Å². The average molecular weight is 266 g/mol.